The van der Waals surface area contributed by atoms with Crippen LogP contribution in [0.25, 0.3) is 22.4 Å². The molecule has 0 aliphatic heterocycles. The lowest BCUT2D eigenvalue weighted by atomic mass is 10.1. The first kappa shape index (κ1) is 12.7. The standard InChI is InChI=1S/C16H15IN2/c1-9-5-4-6-12(15(9)17)16-18-13-7-10(2)11(3)8-14(13)19-16/h4-8H,1-3H3,(H,18,19). The van der Waals surface area contributed by atoms with Gasteiger partial charge in [-0.2, -0.15) is 0 Å². The van der Waals surface area contributed by atoms with Crippen LogP contribution in [-0.2, 0) is 0 Å². The third kappa shape index (κ3) is 2.16. The number of nitrogens with zero attached hydrogens (tertiary/aromatic N) is 1. The zero-order chi connectivity index (χ0) is 13.6. The Morgan fingerprint density at radius 2 is 1.74 bits per heavy atom. The number of nitrogens with one attached hydrogen (secondary N) is 1. The molecule has 3 aromatic rings. The van der Waals surface area contributed by atoms with Crippen LogP contribution in [-0.4, -0.2) is 9.97 Å². The molecule has 0 aliphatic rings. The van der Waals surface area contributed by atoms with Crippen LogP contribution in [0.3, 0.4) is 0 Å². The van der Waals surface area contributed by atoms with E-state index in [1.54, 1.807) is 0 Å². The monoisotopic (exact) mass is 362 g/mol. The van der Waals surface area contributed by atoms with Crippen molar-refractivity contribution in [2.75, 3.05) is 0 Å². The van der Waals surface area contributed by atoms with Crippen molar-refractivity contribution in [3.05, 3.63) is 50.6 Å². The Morgan fingerprint density at radius 1 is 1.00 bits per heavy atom. The predicted molar refractivity (Wildman–Crippen MR) is 88.5 cm³/mol. The molecule has 19 heavy (non-hydrogen) atoms. The number of fused-ring (bicyclic) bond motifs is 1. The summed E-state index contributed by atoms with van der Waals surface area (Å²) >= 11 is 2.39. The number of hydrogen-bond acceptors (Lipinski definition) is 1. The molecule has 0 fully saturated rings. The van der Waals surface area contributed by atoms with Crippen molar-refractivity contribution in [2.45, 2.75) is 20.8 Å². The maximum atomic E-state index is 4.73. The molecule has 3 heteroatoms. The average molecular weight is 362 g/mol. The fraction of sp³-hybridized carbons (Fsp3) is 0.188. The molecular formula is C16H15IN2. The number of benzene rings is 2. The van der Waals surface area contributed by atoms with E-state index in [0.29, 0.717) is 0 Å². The van der Waals surface area contributed by atoms with Crippen LogP contribution in [0.5, 0.6) is 0 Å². The summed E-state index contributed by atoms with van der Waals surface area (Å²) in [6.07, 6.45) is 0. The van der Waals surface area contributed by atoms with E-state index in [-0.39, 0.29) is 0 Å². The Morgan fingerprint density at radius 3 is 2.53 bits per heavy atom. The van der Waals surface area contributed by atoms with Crippen molar-refractivity contribution < 1.29 is 0 Å². The molecule has 0 atom stereocenters. The number of hydrogen-bond donors (Lipinski definition) is 1. The zero-order valence-corrected chi connectivity index (χ0v) is 13.4. The lowest BCUT2D eigenvalue weighted by Gasteiger charge is -2.03. The molecule has 0 spiro atoms. The number of H-pyrrole nitrogens is 1. The van der Waals surface area contributed by atoms with Gasteiger partial charge in [-0.15, -0.1) is 0 Å². The van der Waals surface area contributed by atoms with Gasteiger partial charge in [0.15, 0.2) is 0 Å². The highest BCUT2D eigenvalue weighted by molar-refractivity contribution is 14.1. The lowest BCUT2D eigenvalue weighted by molar-refractivity contribution is 1.31. The van der Waals surface area contributed by atoms with Crippen molar-refractivity contribution >= 4 is 33.6 Å². The minimum atomic E-state index is 0.952. The number of halogens is 1. The predicted octanol–water partition coefficient (Wildman–Crippen LogP) is 4.76. The van der Waals surface area contributed by atoms with E-state index < -0.39 is 0 Å². The fourth-order valence-corrected chi connectivity index (χ4v) is 2.84. The Kier molecular flexibility index (Phi) is 3.09. The summed E-state index contributed by atoms with van der Waals surface area (Å²) < 4.78 is 1.26. The quantitative estimate of drug-likeness (QED) is 0.622. The van der Waals surface area contributed by atoms with Crippen molar-refractivity contribution in [3.8, 4) is 11.4 Å². The molecule has 96 valence electrons. The van der Waals surface area contributed by atoms with E-state index in [2.05, 4.69) is 78.7 Å². The summed E-state index contributed by atoms with van der Waals surface area (Å²) in [5.41, 5.74) is 7.18. The van der Waals surface area contributed by atoms with Gasteiger partial charge < -0.3 is 4.98 Å². The third-order valence-electron chi connectivity index (χ3n) is 3.54. The van der Waals surface area contributed by atoms with Crippen LogP contribution in [0.15, 0.2) is 30.3 Å². The fourth-order valence-electron chi connectivity index (χ4n) is 2.23. The van der Waals surface area contributed by atoms with E-state index in [1.807, 2.05) is 0 Å². The molecule has 1 N–H and O–H groups in total. The van der Waals surface area contributed by atoms with Gasteiger partial charge in [0, 0.05) is 9.13 Å². The van der Waals surface area contributed by atoms with Crippen molar-refractivity contribution in [3.63, 3.8) is 0 Å². The Bertz CT molecular complexity index is 733. The summed E-state index contributed by atoms with van der Waals surface area (Å²) in [6, 6.07) is 10.6. The smallest absolute Gasteiger partial charge is 0.139 e. The summed E-state index contributed by atoms with van der Waals surface area (Å²) in [5, 5.41) is 0. The molecule has 2 nitrogen and oxygen atoms in total. The lowest BCUT2D eigenvalue weighted by Crippen LogP contribution is -1.88. The minimum Gasteiger partial charge on any atom is -0.338 e. The number of aromatic amines is 1. The van der Waals surface area contributed by atoms with Gasteiger partial charge in [0.05, 0.1) is 11.0 Å². The Hall–Kier alpha value is -1.36. The Balaban J connectivity index is 2.23. The maximum absolute atomic E-state index is 4.73. The average Bonchev–Trinajstić information content (AvgIpc) is 2.76. The first-order chi connectivity index (χ1) is 9.06. The molecule has 0 aliphatic carbocycles. The van der Waals surface area contributed by atoms with E-state index >= 15 is 0 Å². The highest BCUT2D eigenvalue weighted by Gasteiger charge is 2.10. The van der Waals surface area contributed by atoms with Crippen LogP contribution in [0.2, 0.25) is 0 Å². The zero-order valence-electron chi connectivity index (χ0n) is 11.2. The minimum absolute atomic E-state index is 0.952. The second-order valence-corrected chi connectivity index (χ2v) is 6.05. The van der Waals surface area contributed by atoms with Crippen LogP contribution in [0, 0.1) is 24.3 Å². The molecule has 1 heterocycles. The third-order valence-corrected chi connectivity index (χ3v) is 4.98. The van der Waals surface area contributed by atoms with Crippen LogP contribution in [0.1, 0.15) is 16.7 Å². The summed E-state index contributed by atoms with van der Waals surface area (Å²) in [6.45, 7) is 6.38. The van der Waals surface area contributed by atoms with Gasteiger partial charge in [0.2, 0.25) is 0 Å². The summed E-state index contributed by atoms with van der Waals surface area (Å²) in [4.78, 5) is 8.16. The number of aromatic nitrogens is 2. The van der Waals surface area contributed by atoms with Gasteiger partial charge in [-0.3, -0.25) is 0 Å². The van der Waals surface area contributed by atoms with Crippen LogP contribution >= 0.6 is 22.6 Å². The van der Waals surface area contributed by atoms with Gasteiger partial charge in [-0.25, -0.2) is 4.98 Å². The van der Waals surface area contributed by atoms with Crippen molar-refractivity contribution in [1.82, 2.24) is 9.97 Å². The molecule has 3 rings (SSSR count). The summed E-state index contributed by atoms with van der Waals surface area (Å²) in [5.74, 6) is 0.952. The molecule has 0 saturated carbocycles. The number of imidazole rings is 1. The van der Waals surface area contributed by atoms with Gasteiger partial charge >= 0.3 is 0 Å². The SMILES string of the molecule is Cc1cc2nc(-c3cccc(C)c3I)[nH]c2cc1C. The molecule has 2 aromatic carbocycles. The van der Waals surface area contributed by atoms with Crippen LogP contribution < -0.4 is 0 Å². The van der Waals surface area contributed by atoms with Gasteiger partial charge in [0.1, 0.15) is 5.82 Å². The second kappa shape index (κ2) is 4.63. The molecule has 0 bridgehead atoms. The molecule has 1 aromatic heterocycles. The second-order valence-electron chi connectivity index (χ2n) is 4.98. The van der Waals surface area contributed by atoms with E-state index in [0.717, 1.165) is 16.9 Å². The van der Waals surface area contributed by atoms with Crippen LogP contribution in [0.4, 0.5) is 0 Å². The maximum Gasteiger partial charge on any atom is 0.139 e. The molecular weight excluding hydrogens is 347 g/mol. The first-order valence-corrected chi connectivity index (χ1v) is 7.36. The Labute approximate surface area is 126 Å². The van der Waals surface area contributed by atoms with E-state index in [1.165, 1.54) is 25.8 Å². The normalized spacial score (nSPS) is 11.2. The number of rotatable bonds is 1. The van der Waals surface area contributed by atoms with Crippen molar-refractivity contribution in [2.24, 2.45) is 0 Å². The largest absolute Gasteiger partial charge is 0.338 e. The number of aryl methyl sites for hydroxylation is 3. The molecule has 0 unspecified atom stereocenters. The topological polar surface area (TPSA) is 28.7 Å². The van der Waals surface area contributed by atoms with E-state index in [4.69, 9.17) is 4.98 Å². The van der Waals surface area contributed by atoms with Gasteiger partial charge in [-0.1, -0.05) is 18.2 Å². The first-order valence-electron chi connectivity index (χ1n) is 6.28. The van der Waals surface area contributed by atoms with Gasteiger partial charge in [0.25, 0.3) is 0 Å². The van der Waals surface area contributed by atoms with Gasteiger partial charge in [-0.05, 0) is 72.2 Å². The highest BCUT2D eigenvalue weighted by Crippen LogP contribution is 2.28. The molecule has 0 saturated heterocycles. The molecule has 0 amide bonds. The molecule has 0 radical (unpaired) electrons. The highest BCUT2D eigenvalue weighted by atomic mass is 127. The summed E-state index contributed by atoms with van der Waals surface area (Å²) in [7, 11) is 0. The van der Waals surface area contributed by atoms with E-state index in [9.17, 15) is 0 Å². The van der Waals surface area contributed by atoms with Crippen molar-refractivity contribution in [1.29, 1.82) is 0 Å².